The summed E-state index contributed by atoms with van der Waals surface area (Å²) in [4.78, 5) is 21.7. The molecular weight excluding hydrogens is 488 g/mol. The average molecular weight is 526 g/mol. The van der Waals surface area contributed by atoms with Gasteiger partial charge in [-0.3, -0.25) is 4.79 Å². The fraction of sp³-hybridized carbons (Fsp3) is 0.464. The van der Waals surface area contributed by atoms with Gasteiger partial charge in [-0.2, -0.15) is 9.97 Å². The summed E-state index contributed by atoms with van der Waals surface area (Å²) >= 11 is 0. The number of furan rings is 1. The minimum atomic E-state index is -0.469. The van der Waals surface area contributed by atoms with Gasteiger partial charge in [0.2, 0.25) is 17.7 Å². The summed E-state index contributed by atoms with van der Waals surface area (Å²) in [6.45, 7) is 11.6. The summed E-state index contributed by atoms with van der Waals surface area (Å²) in [7, 11) is 4.64. The van der Waals surface area contributed by atoms with E-state index in [0.717, 1.165) is 11.1 Å². The molecule has 0 saturated heterocycles. The first kappa shape index (κ1) is 27.4. The number of fused-ring (bicyclic) bond motifs is 1. The number of hydrogen-bond donors (Lipinski definition) is 2. The highest BCUT2D eigenvalue weighted by Gasteiger charge is 2.43. The zero-order chi connectivity index (χ0) is 27.7. The van der Waals surface area contributed by atoms with Crippen LogP contribution in [0.15, 0.2) is 28.7 Å². The standard InChI is InChI=1S/C28H36N4O6/c1-16-13-19-20(28(4,5)38-27(19,2)3)15-17(16)14-18-9-10-21(37-18)23(33)30-22-24(35-7)31-26(29-11-12-34-6)32-25(22)36-8/h9-10,13,15H,11-12,14H2,1-8H3,(H,30,33)(H,29,31,32)/p+1. The minimum Gasteiger partial charge on any atom is -0.479 e. The maximum atomic E-state index is 13.1. The molecule has 0 radical (unpaired) electrons. The molecule has 0 fully saturated rings. The van der Waals surface area contributed by atoms with Crippen LogP contribution in [0.5, 0.6) is 11.8 Å². The average Bonchev–Trinajstić information content (AvgIpc) is 3.39. The van der Waals surface area contributed by atoms with E-state index in [9.17, 15) is 4.79 Å². The molecule has 1 aromatic carbocycles. The first-order chi connectivity index (χ1) is 18.0. The topological polar surface area (TPSA) is 121 Å². The Hall–Kier alpha value is -3.63. The number of aliphatic hydroxyl groups is 2. The molecular formula is C28H37N4O6+. The van der Waals surface area contributed by atoms with Crippen LogP contribution >= 0.6 is 0 Å². The minimum absolute atomic E-state index is 0.152. The lowest BCUT2D eigenvalue weighted by molar-refractivity contribution is -0.105. The van der Waals surface area contributed by atoms with Gasteiger partial charge in [0, 0.05) is 6.42 Å². The summed E-state index contributed by atoms with van der Waals surface area (Å²) < 4.78 is 27.1. The number of anilines is 2. The molecule has 3 heterocycles. The van der Waals surface area contributed by atoms with Crippen LogP contribution in [0, 0.1) is 6.92 Å². The second-order valence-corrected chi connectivity index (χ2v) is 10.3. The number of aromatic nitrogens is 2. The van der Waals surface area contributed by atoms with Crippen molar-refractivity contribution in [2.24, 2.45) is 0 Å². The van der Waals surface area contributed by atoms with Crippen LogP contribution in [-0.4, -0.2) is 55.1 Å². The number of carbonyl (C=O) groups is 1. The van der Waals surface area contributed by atoms with E-state index >= 15 is 0 Å². The van der Waals surface area contributed by atoms with Gasteiger partial charge in [0.1, 0.15) is 12.9 Å². The Bertz CT molecular complexity index is 1310. The van der Waals surface area contributed by atoms with Crippen molar-refractivity contribution in [1.82, 2.24) is 9.97 Å². The van der Waals surface area contributed by atoms with E-state index in [-0.39, 0.29) is 34.4 Å². The highest BCUT2D eigenvalue weighted by molar-refractivity contribution is 6.03. The van der Waals surface area contributed by atoms with Crippen molar-refractivity contribution in [3.63, 3.8) is 0 Å². The number of aryl methyl sites for hydroxylation is 1. The van der Waals surface area contributed by atoms with Crippen molar-refractivity contribution >= 4 is 17.5 Å². The molecule has 0 unspecified atom stereocenters. The van der Waals surface area contributed by atoms with Crippen LogP contribution in [-0.2, 0) is 22.4 Å². The molecule has 38 heavy (non-hydrogen) atoms. The van der Waals surface area contributed by atoms with Crippen LogP contribution in [0.4, 0.5) is 11.6 Å². The maximum absolute atomic E-state index is 13.1. The second kappa shape index (κ2) is 10.6. The lowest BCUT2D eigenvalue weighted by Gasteiger charge is -2.24. The number of methoxy groups -OCH3 is 2. The fourth-order valence-corrected chi connectivity index (χ4v) is 4.83. The molecule has 3 aromatic rings. The summed E-state index contributed by atoms with van der Waals surface area (Å²) in [5.41, 5.74) is 4.13. The SMILES string of the molecule is COc1nc(NCC[OH+]C)nc(OC)c1NC(=O)c1ccc(Cc2cc3c(cc2C)C(C)(C)OC3(C)C)o1. The Kier molecular flexibility index (Phi) is 7.66. The summed E-state index contributed by atoms with van der Waals surface area (Å²) in [5, 5.41) is 5.81. The van der Waals surface area contributed by atoms with Crippen LogP contribution in [0.25, 0.3) is 0 Å². The van der Waals surface area contributed by atoms with E-state index in [1.807, 2.05) is 6.07 Å². The molecule has 0 spiro atoms. The number of carbonyl (C=O) groups excluding carboxylic acids is 1. The number of benzene rings is 1. The molecule has 10 heteroatoms. The Morgan fingerprint density at radius 2 is 1.66 bits per heavy atom. The van der Waals surface area contributed by atoms with Crippen LogP contribution in [0.2, 0.25) is 0 Å². The predicted octanol–water partition coefficient (Wildman–Crippen LogP) is 4.31. The highest BCUT2D eigenvalue weighted by atomic mass is 16.5. The van der Waals surface area contributed by atoms with Crippen molar-refractivity contribution < 1.29 is 28.2 Å². The van der Waals surface area contributed by atoms with Gasteiger partial charge in [0.15, 0.2) is 18.1 Å². The highest BCUT2D eigenvalue weighted by Crippen LogP contribution is 2.47. The first-order valence-electron chi connectivity index (χ1n) is 12.5. The van der Waals surface area contributed by atoms with Crippen LogP contribution in [0.1, 0.15) is 66.3 Å². The first-order valence-corrected chi connectivity index (χ1v) is 12.5. The van der Waals surface area contributed by atoms with Gasteiger partial charge in [0.25, 0.3) is 5.91 Å². The number of hydrogen-bond acceptors (Lipinski definition) is 8. The monoisotopic (exact) mass is 525 g/mol. The lowest BCUT2D eigenvalue weighted by atomic mass is 9.86. The number of ether oxygens (including phenoxy) is 4. The molecule has 10 nitrogen and oxygen atoms in total. The Balaban J connectivity index is 1.53. The Morgan fingerprint density at radius 3 is 2.26 bits per heavy atom. The van der Waals surface area contributed by atoms with E-state index in [0.29, 0.717) is 31.3 Å². The Labute approximate surface area is 223 Å². The van der Waals surface area contributed by atoms with Gasteiger partial charge in [0.05, 0.1) is 32.0 Å². The predicted molar refractivity (Wildman–Crippen MR) is 144 cm³/mol. The molecule has 204 valence electrons. The second-order valence-electron chi connectivity index (χ2n) is 10.3. The number of nitrogens with zero attached hydrogens (tertiary/aromatic N) is 2. The van der Waals surface area contributed by atoms with Gasteiger partial charge < -0.3 is 34.0 Å². The molecule has 0 aliphatic carbocycles. The summed E-state index contributed by atoms with van der Waals surface area (Å²) in [5.74, 6) is 0.986. The third-order valence-corrected chi connectivity index (χ3v) is 6.62. The number of nitrogens with one attached hydrogen (secondary N) is 2. The van der Waals surface area contributed by atoms with Gasteiger partial charge >= 0.3 is 0 Å². The van der Waals surface area contributed by atoms with Gasteiger partial charge in [-0.05, 0) is 69.0 Å². The van der Waals surface area contributed by atoms with Crippen LogP contribution < -0.4 is 20.1 Å². The zero-order valence-corrected chi connectivity index (χ0v) is 23.3. The third-order valence-electron chi connectivity index (χ3n) is 6.62. The smallest absolute Gasteiger partial charge is 0.291 e. The molecule has 2 aromatic heterocycles. The van der Waals surface area contributed by atoms with E-state index in [1.165, 1.54) is 25.3 Å². The molecule has 1 aliphatic heterocycles. The lowest BCUT2D eigenvalue weighted by Crippen LogP contribution is -2.22. The fourth-order valence-electron chi connectivity index (χ4n) is 4.83. The molecule has 0 bridgehead atoms. The largest absolute Gasteiger partial charge is 0.479 e. The number of rotatable bonds is 10. The van der Waals surface area contributed by atoms with Gasteiger partial charge in [-0.25, -0.2) is 0 Å². The van der Waals surface area contributed by atoms with E-state index in [1.54, 1.807) is 13.2 Å². The van der Waals surface area contributed by atoms with Crippen molar-refractivity contribution in [3.8, 4) is 11.8 Å². The molecule has 0 saturated carbocycles. The Morgan fingerprint density at radius 1 is 1.03 bits per heavy atom. The quantitative estimate of drug-likeness (QED) is 0.297. The summed E-state index contributed by atoms with van der Waals surface area (Å²) in [6.07, 6.45) is 0.545. The molecule has 1 aliphatic rings. The van der Waals surface area contributed by atoms with Crippen molar-refractivity contribution in [1.29, 1.82) is 0 Å². The maximum Gasteiger partial charge on any atom is 0.291 e. The van der Waals surface area contributed by atoms with E-state index in [4.69, 9.17) is 18.6 Å². The third kappa shape index (κ3) is 5.46. The molecule has 3 N–H and O–H groups in total. The normalized spacial score (nSPS) is 15.2. The van der Waals surface area contributed by atoms with E-state index < -0.39 is 5.91 Å². The van der Waals surface area contributed by atoms with Gasteiger partial charge in [-0.1, -0.05) is 12.1 Å². The van der Waals surface area contributed by atoms with Crippen LogP contribution in [0.3, 0.4) is 0 Å². The van der Waals surface area contributed by atoms with Crippen molar-refractivity contribution in [2.45, 2.75) is 52.2 Å². The zero-order valence-electron chi connectivity index (χ0n) is 23.3. The van der Waals surface area contributed by atoms with Crippen molar-refractivity contribution in [2.75, 3.05) is 45.1 Å². The van der Waals surface area contributed by atoms with Gasteiger partial charge in [-0.15, -0.1) is 0 Å². The van der Waals surface area contributed by atoms with E-state index in [2.05, 4.69) is 72.1 Å². The molecule has 0 atom stereocenters. The molecule has 1 amide bonds. The van der Waals surface area contributed by atoms with Crippen molar-refractivity contribution in [3.05, 3.63) is 58.0 Å². The number of amides is 1. The summed E-state index contributed by atoms with van der Waals surface area (Å²) in [6, 6.07) is 7.85. The molecule has 4 rings (SSSR count).